The molecule has 9 nitrogen and oxygen atoms in total. The van der Waals surface area contributed by atoms with Crippen molar-refractivity contribution in [3.8, 4) is 17.2 Å². The van der Waals surface area contributed by atoms with Gasteiger partial charge in [-0.15, -0.1) is 0 Å². The van der Waals surface area contributed by atoms with E-state index >= 15 is 0 Å². The monoisotopic (exact) mass is 508 g/mol. The lowest BCUT2D eigenvalue weighted by Gasteiger charge is -2.11. The van der Waals surface area contributed by atoms with Gasteiger partial charge in [0.1, 0.15) is 18.1 Å². The Labute approximate surface area is 213 Å². The smallest absolute Gasteiger partial charge is 0.249 e. The number of amides is 2. The van der Waals surface area contributed by atoms with Gasteiger partial charge >= 0.3 is 0 Å². The predicted octanol–water partition coefficient (Wildman–Crippen LogP) is 3.62. The lowest BCUT2D eigenvalue weighted by molar-refractivity contribution is -0.122. The van der Waals surface area contributed by atoms with E-state index in [9.17, 15) is 9.59 Å². The molecule has 2 heterocycles. The maximum Gasteiger partial charge on any atom is 0.249 e. The van der Waals surface area contributed by atoms with Gasteiger partial charge in [-0.25, -0.2) is 4.68 Å². The number of carbonyl (C=O) groups excluding carboxylic acids is 2. The molecule has 0 bridgehead atoms. The van der Waals surface area contributed by atoms with Crippen LogP contribution in [0.4, 0.5) is 5.82 Å². The molecule has 1 aliphatic rings. The highest BCUT2D eigenvalue weighted by molar-refractivity contribution is 7.98. The second-order valence-corrected chi connectivity index (χ2v) is 8.97. The summed E-state index contributed by atoms with van der Waals surface area (Å²) in [7, 11) is 4.74. The number of thioether (sulfide) groups is 1. The van der Waals surface area contributed by atoms with Crippen LogP contribution in [0.25, 0.3) is 6.08 Å². The fourth-order valence-electron chi connectivity index (χ4n) is 3.74. The molecule has 0 saturated carbocycles. The summed E-state index contributed by atoms with van der Waals surface area (Å²) in [5.41, 5.74) is 3.59. The molecule has 188 valence electrons. The van der Waals surface area contributed by atoms with E-state index in [0.29, 0.717) is 23.9 Å². The Bertz CT molecular complexity index is 1270. The van der Waals surface area contributed by atoms with E-state index in [2.05, 4.69) is 15.7 Å². The van der Waals surface area contributed by atoms with Crippen molar-refractivity contribution in [2.75, 3.05) is 26.6 Å². The number of ether oxygens (including phenoxy) is 3. The number of anilines is 1. The molecule has 0 unspecified atom stereocenters. The van der Waals surface area contributed by atoms with Gasteiger partial charge in [-0.2, -0.15) is 16.9 Å². The molecule has 0 radical (unpaired) electrons. The molecule has 0 saturated heterocycles. The minimum Gasteiger partial charge on any atom is -0.497 e. The summed E-state index contributed by atoms with van der Waals surface area (Å²) in [6.45, 7) is 0.387. The number of nitrogens with one attached hydrogen (secondary N) is 2. The number of aromatic nitrogens is 2. The maximum atomic E-state index is 12.7. The average Bonchev–Trinajstić information content (AvgIpc) is 3.48. The Balaban J connectivity index is 1.41. The first kappa shape index (κ1) is 25.2. The molecule has 3 aromatic rings. The van der Waals surface area contributed by atoms with E-state index in [1.165, 1.54) is 6.08 Å². The van der Waals surface area contributed by atoms with Crippen molar-refractivity contribution in [1.82, 2.24) is 15.1 Å². The van der Waals surface area contributed by atoms with Crippen LogP contribution in [-0.4, -0.2) is 42.9 Å². The fraction of sp³-hybridized carbons (Fsp3) is 0.269. The van der Waals surface area contributed by atoms with Crippen molar-refractivity contribution < 1.29 is 23.8 Å². The van der Waals surface area contributed by atoms with Gasteiger partial charge in [0.05, 0.1) is 27.0 Å². The Morgan fingerprint density at radius 1 is 1.03 bits per heavy atom. The number of fused-ring (bicyclic) bond motifs is 1. The molecular weight excluding hydrogens is 480 g/mol. The maximum absolute atomic E-state index is 12.7. The molecule has 2 aromatic carbocycles. The van der Waals surface area contributed by atoms with E-state index in [0.717, 1.165) is 39.6 Å². The molecule has 0 spiro atoms. The molecule has 2 N–H and O–H groups in total. The summed E-state index contributed by atoms with van der Waals surface area (Å²) >= 11 is 1.72. The molecule has 2 amide bonds. The highest BCUT2D eigenvalue weighted by Crippen LogP contribution is 2.34. The SMILES string of the molecule is COc1ccc(CNC(=O)Cn2nc3c(c2NC(=O)/C=C\c2ccc(OC)c(OC)c2)CSC3)cc1. The van der Waals surface area contributed by atoms with E-state index < -0.39 is 0 Å². The second kappa shape index (κ2) is 11.7. The molecule has 1 aliphatic heterocycles. The number of hydrogen-bond donors (Lipinski definition) is 2. The zero-order chi connectivity index (χ0) is 25.5. The van der Waals surface area contributed by atoms with Gasteiger partial charge in [0, 0.05) is 29.7 Å². The van der Waals surface area contributed by atoms with Crippen molar-refractivity contribution in [3.05, 3.63) is 70.9 Å². The molecule has 4 rings (SSSR count). The molecule has 36 heavy (non-hydrogen) atoms. The van der Waals surface area contributed by atoms with Crippen molar-refractivity contribution in [3.63, 3.8) is 0 Å². The summed E-state index contributed by atoms with van der Waals surface area (Å²) < 4.78 is 17.3. The van der Waals surface area contributed by atoms with Crippen LogP contribution in [0.1, 0.15) is 22.4 Å². The van der Waals surface area contributed by atoms with E-state index in [-0.39, 0.29) is 18.4 Å². The van der Waals surface area contributed by atoms with Crippen molar-refractivity contribution in [1.29, 1.82) is 0 Å². The number of hydrogen-bond acceptors (Lipinski definition) is 7. The topological polar surface area (TPSA) is 104 Å². The Kier molecular flexibility index (Phi) is 8.17. The number of carbonyl (C=O) groups is 2. The summed E-state index contributed by atoms with van der Waals surface area (Å²) in [6, 6.07) is 12.9. The van der Waals surface area contributed by atoms with E-state index in [1.54, 1.807) is 56.0 Å². The molecule has 1 aromatic heterocycles. The standard InChI is InChI=1S/C26H28N4O5S/c1-33-19-8-4-18(5-9-19)13-27-25(32)14-30-26(20-15-36-16-21(20)29-30)28-24(31)11-7-17-6-10-22(34-2)23(12-17)35-3/h4-12H,13-16H2,1-3H3,(H,27,32)(H,28,31)/b11-7-. The zero-order valence-electron chi connectivity index (χ0n) is 20.4. The number of rotatable bonds is 10. The number of methoxy groups -OCH3 is 3. The van der Waals surface area contributed by atoms with Crippen LogP contribution in [0.5, 0.6) is 17.2 Å². The third-order valence-electron chi connectivity index (χ3n) is 5.64. The third-order valence-corrected chi connectivity index (χ3v) is 6.61. The number of benzene rings is 2. The normalized spacial score (nSPS) is 12.3. The first-order valence-corrected chi connectivity index (χ1v) is 12.4. The average molecular weight is 509 g/mol. The third kappa shape index (κ3) is 6.01. The minimum absolute atomic E-state index is 0.00281. The minimum atomic E-state index is -0.315. The Morgan fingerprint density at radius 3 is 2.53 bits per heavy atom. The van der Waals surface area contributed by atoms with Gasteiger partial charge in [0.15, 0.2) is 11.5 Å². The van der Waals surface area contributed by atoms with Crippen LogP contribution in [0.3, 0.4) is 0 Å². The highest BCUT2D eigenvalue weighted by atomic mass is 32.2. The van der Waals surface area contributed by atoms with Gasteiger partial charge in [-0.1, -0.05) is 18.2 Å². The van der Waals surface area contributed by atoms with Crippen LogP contribution in [0.2, 0.25) is 0 Å². The van der Waals surface area contributed by atoms with Gasteiger partial charge in [-0.3, -0.25) is 9.59 Å². The summed E-state index contributed by atoms with van der Waals surface area (Å²) in [4.78, 5) is 25.4. The molecule has 0 fully saturated rings. The first-order valence-electron chi connectivity index (χ1n) is 11.3. The Hall–Kier alpha value is -3.92. The van der Waals surface area contributed by atoms with Crippen LogP contribution >= 0.6 is 11.8 Å². The largest absolute Gasteiger partial charge is 0.497 e. The van der Waals surface area contributed by atoms with Crippen LogP contribution in [-0.2, 0) is 34.2 Å². The lowest BCUT2D eigenvalue weighted by Crippen LogP contribution is -2.28. The van der Waals surface area contributed by atoms with Crippen LogP contribution < -0.4 is 24.8 Å². The summed E-state index contributed by atoms with van der Waals surface area (Å²) in [5.74, 6) is 3.47. The Morgan fingerprint density at radius 2 is 1.81 bits per heavy atom. The van der Waals surface area contributed by atoms with Crippen molar-refractivity contribution in [2.45, 2.75) is 24.6 Å². The fourth-order valence-corrected chi connectivity index (χ4v) is 4.78. The van der Waals surface area contributed by atoms with E-state index in [4.69, 9.17) is 14.2 Å². The van der Waals surface area contributed by atoms with Crippen LogP contribution in [0, 0.1) is 0 Å². The van der Waals surface area contributed by atoms with Gasteiger partial charge in [0.25, 0.3) is 0 Å². The highest BCUT2D eigenvalue weighted by Gasteiger charge is 2.24. The van der Waals surface area contributed by atoms with Crippen molar-refractivity contribution >= 4 is 35.5 Å². The lowest BCUT2D eigenvalue weighted by atomic mass is 10.2. The van der Waals surface area contributed by atoms with E-state index in [1.807, 2.05) is 30.3 Å². The van der Waals surface area contributed by atoms with Gasteiger partial charge in [0.2, 0.25) is 11.8 Å². The van der Waals surface area contributed by atoms with Gasteiger partial charge < -0.3 is 24.8 Å². The second-order valence-electron chi connectivity index (χ2n) is 7.99. The predicted molar refractivity (Wildman–Crippen MR) is 139 cm³/mol. The van der Waals surface area contributed by atoms with Gasteiger partial charge in [-0.05, 0) is 41.5 Å². The summed E-state index contributed by atoms with van der Waals surface area (Å²) in [5, 5.41) is 10.4. The molecular formula is C26H28N4O5S. The van der Waals surface area contributed by atoms with Crippen molar-refractivity contribution in [2.24, 2.45) is 0 Å². The molecule has 10 heteroatoms. The summed E-state index contributed by atoms with van der Waals surface area (Å²) in [6.07, 6.45) is 3.13. The molecule has 0 atom stereocenters. The zero-order valence-corrected chi connectivity index (χ0v) is 21.2. The number of nitrogens with zero attached hydrogens (tertiary/aromatic N) is 2. The quantitative estimate of drug-likeness (QED) is 0.403. The van der Waals surface area contributed by atoms with Crippen LogP contribution in [0.15, 0.2) is 48.5 Å². The molecule has 0 aliphatic carbocycles. The first-order chi connectivity index (χ1) is 17.5.